The van der Waals surface area contributed by atoms with Crippen molar-refractivity contribution in [3.63, 3.8) is 0 Å². The summed E-state index contributed by atoms with van der Waals surface area (Å²) < 4.78 is 59.3. The van der Waals surface area contributed by atoms with Crippen LogP contribution in [0.4, 0.5) is 40.4 Å². The van der Waals surface area contributed by atoms with Gasteiger partial charge in [0, 0.05) is 18.7 Å². The zero-order valence-electron chi connectivity index (χ0n) is 18.9. The Hall–Kier alpha value is -4.15. The Labute approximate surface area is 197 Å². The number of aromatic nitrogens is 1. The zero-order chi connectivity index (χ0) is 25.5. The van der Waals surface area contributed by atoms with Crippen molar-refractivity contribution in [3.8, 4) is 5.88 Å². The molecule has 2 amide bonds. The summed E-state index contributed by atoms with van der Waals surface area (Å²) in [7, 11) is 1.37. The molecular weight excluding hydrogens is 468 g/mol. The number of benzene rings is 2. The molecule has 0 unspecified atom stereocenters. The second-order valence-corrected chi connectivity index (χ2v) is 7.87. The quantitative estimate of drug-likeness (QED) is 0.507. The predicted octanol–water partition coefficient (Wildman–Crippen LogP) is 5.27. The molecule has 0 radical (unpaired) electrons. The highest BCUT2D eigenvalue weighted by atomic mass is 19.4. The molecule has 182 valence electrons. The van der Waals surface area contributed by atoms with E-state index in [4.69, 9.17) is 4.74 Å². The Balaban J connectivity index is 1.92. The van der Waals surface area contributed by atoms with Gasteiger partial charge in [0.2, 0.25) is 11.8 Å². The molecule has 11 heteroatoms. The number of pyridine rings is 1. The molecule has 7 nitrogen and oxygen atoms in total. The summed E-state index contributed by atoms with van der Waals surface area (Å²) in [5.41, 5.74) is 0.194. The maximum Gasteiger partial charge on any atom is 0.416 e. The Morgan fingerprint density at radius 3 is 2.34 bits per heavy atom. The van der Waals surface area contributed by atoms with E-state index in [1.54, 1.807) is 11.8 Å². The smallest absolute Gasteiger partial charge is 0.416 e. The lowest BCUT2D eigenvalue weighted by molar-refractivity contribution is -0.137. The molecule has 1 aliphatic heterocycles. The standard InChI is InChI=1S/C24H20F4N4O3/c1-13-10-16(25)5-7-18(13)31-12-32(20-8-9-21(35-3)30-22(20)29-14(2)33)23(34)17-11-15(24(26,27)28)4-6-19(17)31/h4-11H,12H2,1-3H3,(H,29,30,33). The third-order valence-electron chi connectivity index (χ3n) is 5.47. The fourth-order valence-corrected chi connectivity index (χ4v) is 3.88. The lowest BCUT2D eigenvalue weighted by atomic mass is 10.0. The molecule has 0 saturated heterocycles. The average molecular weight is 488 g/mol. The summed E-state index contributed by atoms with van der Waals surface area (Å²) >= 11 is 0. The molecule has 3 aromatic rings. The van der Waals surface area contributed by atoms with Crippen LogP contribution in [0.15, 0.2) is 48.5 Å². The summed E-state index contributed by atoms with van der Waals surface area (Å²) in [6.07, 6.45) is -4.67. The molecule has 1 aromatic heterocycles. The van der Waals surface area contributed by atoms with E-state index in [1.165, 1.54) is 55.3 Å². The van der Waals surface area contributed by atoms with Gasteiger partial charge in [0.25, 0.3) is 5.91 Å². The van der Waals surface area contributed by atoms with Gasteiger partial charge in [-0.05, 0) is 55.0 Å². The minimum absolute atomic E-state index is 0.00333. The van der Waals surface area contributed by atoms with Crippen LogP contribution in [0.3, 0.4) is 0 Å². The number of carbonyl (C=O) groups excluding carboxylic acids is 2. The Bertz CT molecular complexity index is 1330. The van der Waals surface area contributed by atoms with E-state index >= 15 is 0 Å². The van der Waals surface area contributed by atoms with Gasteiger partial charge in [0.1, 0.15) is 12.5 Å². The Morgan fingerprint density at radius 1 is 1.03 bits per heavy atom. The first-order valence-corrected chi connectivity index (χ1v) is 10.4. The van der Waals surface area contributed by atoms with E-state index in [9.17, 15) is 27.2 Å². The molecule has 0 atom stereocenters. The maximum atomic E-state index is 13.8. The van der Waals surface area contributed by atoms with Gasteiger partial charge in [0.05, 0.1) is 29.6 Å². The minimum Gasteiger partial charge on any atom is -0.481 e. The zero-order valence-corrected chi connectivity index (χ0v) is 18.9. The Kier molecular flexibility index (Phi) is 6.10. The van der Waals surface area contributed by atoms with Gasteiger partial charge in [-0.2, -0.15) is 18.2 Å². The summed E-state index contributed by atoms with van der Waals surface area (Å²) in [6.45, 7) is 2.77. The number of nitrogens with one attached hydrogen (secondary N) is 1. The number of amides is 2. The number of aryl methyl sites for hydroxylation is 1. The van der Waals surface area contributed by atoms with Crippen molar-refractivity contribution >= 4 is 34.7 Å². The molecule has 0 spiro atoms. The van der Waals surface area contributed by atoms with Crippen LogP contribution in [0.1, 0.15) is 28.4 Å². The number of methoxy groups -OCH3 is 1. The number of rotatable bonds is 4. The molecule has 0 fully saturated rings. The topological polar surface area (TPSA) is 74.8 Å². The van der Waals surface area contributed by atoms with Gasteiger partial charge in [-0.25, -0.2) is 4.39 Å². The van der Waals surface area contributed by atoms with Gasteiger partial charge in [0.15, 0.2) is 5.82 Å². The summed E-state index contributed by atoms with van der Waals surface area (Å²) in [5, 5.41) is 2.53. The molecule has 4 rings (SSSR count). The van der Waals surface area contributed by atoms with Crippen LogP contribution < -0.4 is 19.9 Å². The monoisotopic (exact) mass is 488 g/mol. The van der Waals surface area contributed by atoms with Crippen LogP contribution in [0, 0.1) is 12.7 Å². The van der Waals surface area contributed by atoms with Crippen molar-refractivity contribution in [2.45, 2.75) is 20.0 Å². The van der Waals surface area contributed by atoms with Crippen molar-refractivity contribution in [2.75, 3.05) is 28.9 Å². The van der Waals surface area contributed by atoms with Crippen LogP contribution in [0.5, 0.6) is 5.88 Å². The number of alkyl halides is 3. The number of halogens is 4. The third-order valence-corrected chi connectivity index (χ3v) is 5.47. The highest BCUT2D eigenvalue weighted by Crippen LogP contribution is 2.41. The number of hydrogen-bond donors (Lipinski definition) is 1. The average Bonchev–Trinajstić information content (AvgIpc) is 2.79. The van der Waals surface area contributed by atoms with Crippen molar-refractivity contribution in [1.29, 1.82) is 0 Å². The lowest BCUT2D eigenvalue weighted by Gasteiger charge is -2.39. The molecular formula is C24H20F4N4O3. The van der Waals surface area contributed by atoms with Crippen LogP contribution in [0.2, 0.25) is 0 Å². The molecule has 2 aromatic carbocycles. The van der Waals surface area contributed by atoms with Crippen LogP contribution >= 0.6 is 0 Å². The van der Waals surface area contributed by atoms with Crippen LogP contribution in [-0.2, 0) is 11.0 Å². The third kappa shape index (κ3) is 4.61. The van der Waals surface area contributed by atoms with Crippen molar-refractivity contribution in [3.05, 3.63) is 71.0 Å². The number of carbonyl (C=O) groups is 2. The maximum absolute atomic E-state index is 13.8. The Morgan fingerprint density at radius 2 is 1.71 bits per heavy atom. The number of hydrogen-bond acceptors (Lipinski definition) is 5. The van der Waals surface area contributed by atoms with Crippen molar-refractivity contribution in [1.82, 2.24) is 4.98 Å². The molecule has 1 N–H and O–H groups in total. The number of ether oxygens (including phenoxy) is 1. The van der Waals surface area contributed by atoms with E-state index in [-0.39, 0.29) is 35.3 Å². The second-order valence-electron chi connectivity index (χ2n) is 7.87. The van der Waals surface area contributed by atoms with Gasteiger partial charge in [-0.15, -0.1) is 0 Å². The van der Waals surface area contributed by atoms with E-state index in [1.807, 2.05) is 0 Å². The second kappa shape index (κ2) is 8.90. The van der Waals surface area contributed by atoms with Crippen LogP contribution in [0.25, 0.3) is 0 Å². The number of anilines is 4. The van der Waals surface area contributed by atoms with Gasteiger partial charge in [-0.3, -0.25) is 14.5 Å². The molecule has 2 heterocycles. The van der Waals surface area contributed by atoms with E-state index in [2.05, 4.69) is 10.3 Å². The molecule has 1 aliphatic rings. The molecule has 0 aliphatic carbocycles. The first-order valence-electron chi connectivity index (χ1n) is 10.4. The van der Waals surface area contributed by atoms with Crippen molar-refractivity contribution < 1.29 is 31.9 Å². The summed E-state index contributed by atoms with van der Waals surface area (Å²) in [4.78, 5) is 32.3. The number of fused-ring (bicyclic) bond motifs is 1. The fraction of sp³-hybridized carbons (Fsp3) is 0.208. The van der Waals surface area contributed by atoms with Gasteiger partial charge < -0.3 is 15.0 Å². The lowest BCUT2D eigenvalue weighted by Crippen LogP contribution is -2.45. The van der Waals surface area contributed by atoms with Crippen LogP contribution in [-0.4, -0.2) is 30.6 Å². The molecule has 0 saturated carbocycles. The van der Waals surface area contributed by atoms with Gasteiger partial charge in [-0.1, -0.05) is 0 Å². The minimum atomic E-state index is -4.67. The van der Waals surface area contributed by atoms with Crippen molar-refractivity contribution in [2.24, 2.45) is 0 Å². The first-order chi connectivity index (χ1) is 16.5. The highest BCUT2D eigenvalue weighted by molar-refractivity contribution is 6.14. The van der Waals surface area contributed by atoms with E-state index in [0.717, 1.165) is 12.1 Å². The van der Waals surface area contributed by atoms with Gasteiger partial charge >= 0.3 is 6.18 Å². The molecule has 35 heavy (non-hydrogen) atoms. The SMILES string of the molecule is COc1ccc(N2CN(c3ccc(F)cc3C)c3ccc(C(F)(F)F)cc3C2=O)c(NC(C)=O)n1. The number of nitrogens with zero attached hydrogens (tertiary/aromatic N) is 3. The largest absolute Gasteiger partial charge is 0.481 e. The van der Waals surface area contributed by atoms with E-state index < -0.39 is 29.4 Å². The summed E-state index contributed by atoms with van der Waals surface area (Å²) in [5.74, 6) is -1.51. The molecule has 0 bridgehead atoms. The highest BCUT2D eigenvalue weighted by Gasteiger charge is 2.37. The summed E-state index contributed by atoms with van der Waals surface area (Å²) in [6, 6.07) is 9.84. The van der Waals surface area contributed by atoms with E-state index in [0.29, 0.717) is 11.3 Å². The first kappa shape index (κ1) is 24.0. The normalized spacial score (nSPS) is 13.5. The fourth-order valence-electron chi connectivity index (χ4n) is 3.88. The predicted molar refractivity (Wildman–Crippen MR) is 121 cm³/mol.